The molecule has 0 radical (unpaired) electrons. The molecule has 3 heterocycles. The maximum atomic E-state index is 13.6. The number of carbonyl (C=O) groups excluding carboxylic acids is 2. The van der Waals surface area contributed by atoms with Gasteiger partial charge in [0.2, 0.25) is 0 Å². The molecule has 2 aliphatic rings. The van der Waals surface area contributed by atoms with Crippen molar-refractivity contribution in [2.45, 2.75) is 64.2 Å². The number of alkyl halides is 5. The molecule has 36 heavy (non-hydrogen) atoms. The summed E-state index contributed by atoms with van der Waals surface area (Å²) < 4.78 is 67.5. The Balaban J connectivity index is 1.59. The second kappa shape index (κ2) is 10.2. The van der Waals surface area contributed by atoms with Gasteiger partial charge in [-0.2, -0.15) is 18.3 Å². The summed E-state index contributed by atoms with van der Waals surface area (Å²) in [6.07, 6.45) is -4.39. The molecular weight excluding hydrogens is 509 g/mol. The van der Waals surface area contributed by atoms with Gasteiger partial charge in [-0.1, -0.05) is 18.5 Å². The van der Waals surface area contributed by atoms with E-state index in [0.29, 0.717) is 36.1 Å². The fourth-order valence-corrected chi connectivity index (χ4v) is 5.74. The highest BCUT2D eigenvalue weighted by atomic mass is 35.5. The maximum absolute atomic E-state index is 13.6. The lowest BCUT2D eigenvalue weighted by Crippen LogP contribution is -2.38. The van der Waals surface area contributed by atoms with Gasteiger partial charge >= 0.3 is 6.18 Å². The van der Waals surface area contributed by atoms with Crippen LogP contribution >= 0.6 is 11.6 Å². The zero-order valence-corrected chi connectivity index (χ0v) is 20.3. The molecule has 2 unspecified atom stereocenters. The first-order chi connectivity index (χ1) is 16.9. The number of halogens is 6. The third kappa shape index (κ3) is 5.22. The summed E-state index contributed by atoms with van der Waals surface area (Å²) in [7, 11) is 0. The molecule has 2 fully saturated rings. The Labute approximate surface area is 209 Å². The fourth-order valence-electron chi connectivity index (χ4n) is 5.49. The lowest BCUT2D eigenvalue weighted by molar-refractivity contribution is -0.142. The summed E-state index contributed by atoms with van der Waals surface area (Å²) in [5.41, 5.74) is -3.35. The number of rotatable bonds is 4. The molecule has 2 aromatic rings. The minimum Gasteiger partial charge on any atom is -0.393 e. The van der Waals surface area contributed by atoms with Crippen molar-refractivity contribution in [3.05, 3.63) is 34.1 Å². The van der Waals surface area contributed by atoms with Crippen LogP contribution in [0.1, 0.15) is 73.6 Å². The molecule has 1 saturated heterocycles. The van der Waals surface area contributed by atoms with Crippen molar-refractivity contribution in [3.63, 3.8) is 0 Å². The molecule has 2 aromatic heterocycles. The van der Waals surface area contributed by atoms with E-state index in [-0.39, 0.29) is 42.9 Å². The second-order valence-corrected chi connectivity index (χ2v) is 10.2. The van der Waals surface area contributed by atoms with Crippen LogP contribution < -0.4 is 0 Å². The number of amides is 1. The van der Waals surface area contributed by atoms with Crippen molar-refractivity contribution in [2.24, 2.45) is 17.8 Å². The van der Waals surface area contributed by atoms with Crippen LogP contribution in [0.5, 0.6) is 0 Å². The standard InChI is InChI=1S/C24H27ClF5N3O3/c1-12(13-4-6-15(34)7-5-13)16-3-2-8-32(11-18(16)35)23(36)21-20(25)17-9-14(22(26)27)10-19(24(28,29)30)33(17)31-21/h9-10,12-13,15-16,22,34H,2-8,11H2,1H3. The third-order valence-corrected chi connectivity index (χ3v) is 7.92. The molecule has 1 aliphatic heterocycles. The number of ketones is 1. The van der Waals surface area contributed by atoms with Gasteiger partial charge in [-0.05, 0) is 62.5 Å². The van der Waals surface area contributed by atoms with Gasteiger partial charge in [-0.3, -0.25) is 9.59 Å². The molecule has 0 aromatic carbocycles. The Hall–Kier alpha value is -2.27. The quantitative estimate of drug-likeness (QED) is 0.521. The summed E-state index contributed by atoms with van der Waals surface area (Å²) in [5, 5.41) is 13.0. The van der Waals surface area contributed by atoms with Gasteiger partial charge in [-0.15, -0.1) is 0 Å². The van der Waals surface area contributed by atoms with E-state index in [9.17, 15) is 36.6 Å². The highest BCUT2D eigenvalue weighted by Crippen LogP contribution is 2.38. The Bertz CT molecular complexity index is 1140. The molecular formula is C24H27ClF5N3O3. The zero-order valence-electron chi connectivity index (χ0n) is 19.6. The monoisotopic (exact) mass is 535 g/mol. The van der Waals surface area contributed by atoms with E-state index < -0.39 is 46.0 Å². The van der Waals surface area contributed by atoms with Crippen molar-refractivity contribution < 1.29 is 36.6 Å². The number of fused-ring (bicyclic) bond motifs is 1. The topological polar surface area (TPSA) is 74.9 Å². The molecule has 1 saturated carbocycles. The number of pyridine rings is 1. The summed E-state index contributed by atoms with van der Waals surface area (Å²) in [4.78, 5) is 27.6. The molecule has 1 N–H and O–H groups in total. The van der Waals surface area contributed by atoms with Crippen LogP contribution in [0.25, 0.3) is 5.52 Å². The highest BCUT2D eigenvalue weighted by molar-refractivity contribution is 6.36. The Kier molecular flexibility index (Phi) is 7.62. The van der Waals surface area contributed by atoms with Crippen LogP contribution in [-0.4, -0.2) is 50.5 Å². The van der Waals surface area contributed by atoms with Crippen molar-refractivity contribution >= 4 is 28.8 Å². The predicted molar refractivity (Wildman–Crippen MR) is 121 cm³/mol. The molecule has 6 nitrogen and oxygen atoms in total. The lowest BCUT2D eigenvalue weighted by Gasteiger charge is -2.34. The largest absolute Gasteiger partial charge is 0.433 e. The molecule has 0 spiro atoms. The van der Waals surface area contributed by atoms with Crippen LogP contribution in [-0.2, 0) is 11.0 Å². The van der Waals surface area contributed by atoms with Crippen molar-refractivity contribution in [1.29, 1.82) is 0 Å². The van der Waals surface area contributed by atoms with Gasteiger partial charge in [0, 0.05) is 18.0 Å². The first-order valence-corrected chi connectivity index (χ1v) is 12.3. The van der Waals surface area contributed by atoms with Gasteiger partial charge in [0.05, 0.1) is 23.2 Å². The van der Waals surface area contributed by atoms with Crippen molar-refractivity contribution in [1.82, 2.24) is 14.5 Å². The highest BCUT2D eigenvalue weighted by Gasteiger charge is 2.39. The summed E-state index contributed by atoms with van der Waals surface area (Å²) in [5.74, 6) is -0.874. The molecule has 198 valence electrons. The van der Waals surface area contributed by atoms with E-state index in [2.05, 4.69) is 5.10 Å². The molecule has 2 atom stereocenters. The van der Waals surface area contributed by atoms with Gasteiger partial charge in [0.15, 0.2) is 11.5 Å². The van der Waals surface area contributed by atoms with E-state index in [1.54, 1.807) is 0 Å². The Morgan fingerprint density at radius 1 is 1.17 bits per heavy atom. The summed E-state index contributed by atoms with van der Waals surface area (Å²) in [6, 6.07) is 1.05. The number of aliphatic hydroxyl groups excluding tert-OH is 1. The fraction of sp³-hybridized carbons (Fsp3) is 0.625. The Morgan fingerprint density at radius 2 is 1.83 bits per heavy atom. The first-order valence-electron chi connectivity index (χ1n) is 12.0. The molecule has 4 rings (SSSR count). The average Bonchev–Trinajstić information content (AvgIpc) is 3.02. The average molecular weight is 536 g/mol. The number of aliphatic hydroxyl groups is 1. The number of carbonyl (C=O) groups is 2. The summed E-state index contributed by atoms with van der Waals surface area (Å²) in [6.45, 7) is 1.97. The minimum absolute atomic E-state index is 0.0703. The number of Topliss-reactive ketones (excluding diaryl/α,β-unsaturated/α-hetero) is 1. The lowest BCUT2D eigenvalue weighted by atomic mass is 9.72. The number of likely N-dealkylation sites (tertiary alicyclic amines) is 1. The first kappa shape index (κ1) is 26.8. The van der Waals surface area contributed by atoms with E-state index in [1.807, 2.05) is 6.92 Å². The van der Waals surface area contributed by atoms with E-state index in [0.717, 1.165) is 18.9 Å². The number of hydrogen-bond acceptors (Lipinski definition) is 4. The SMILES string of the molecule is CC(C1CCC(O)CC1)C1CCCN(C(=O)c2nn3c(C(F)(F)F)cc(C(F)F)cc3c2Cl)CC1=O. The number of aromatic nitrogens is 2. The van der Waals surface area contributed by atoms with Crippen LogP contribution in [0, 0.1) is 17.8 Å². The zero-order chi connectivity index (χ0) is 26.4. The van der Waals surface area contributed by atoms with Crippen LogP contribution in [0.2, 0.25) is 5.02 Å². The maximum Gasteiger partial charge on any atom is 0.433 e. The second-order valence-electron chi connectivity index (χ2n) is 9.80. The van der Waals surface area contributed by atoms with Crippen LogP contribution in [0.3, 0.4) is 0 Å². The normalized spacial score (nSPS) is 24.9. The van der Waals surface area contributed by atoms with Gasteiger partial charge in [0.25, 0.3) is 12.3 Å². The van der Waals surface area contributed by atoms with Crippen molar-refractivity contribution in [2.75, 3.05) is 13.1 Å². The van der Waals surface area contributed by atoms with E-state index in [4.69, 9.17) is 11.6 Å². The minimum atomic E-state index is -5.02. The molecule has 1 amide bonds. The Morgan fingerprint density at radius 3 is 2.44 bits per heavy atom. The van der Waals surface area contributed by atoms with Crippen LogP contribution in [0.4, 0.5) is 22.0 Å². The number of hydrogen-bond donors (Lipinski definition) is 1. The van der Waals surface area contributed by atoms with Gasteiger partial charge in [0.1, 0.15) is 5.69 Å². The van der Waals surface area contributed by atoms with Gasteiger partial charge in [-0.25, -0.2) is 13.3 Å². The van der Waals surface area contributed by atoms with Gasteiger partial charge < -0.3 is 10.0 Å². The number of nitrogens with zero attached hydrogens (tertiary/aromatic N) is 3. The molecule has 0 bridgehead atoms. The van der Waals surface area contributed by atoms with Crippen molar-refractivity contribution in [3.8, 4) is 0 Å². The van der Waals surface area contributed by atoms with E-state index in [1.165, 1.54) is 4.90 Å². The smallest absolute Gasteiger partial charge is 0.393 e. The van der Waals surface area contributed by atoms with Crippen LogP contribution in [0.15, 0.2) is 12.1 Å². The third-order valence-electron chi connectivity index (χ3n) is 7.55. The predicted octanol–water partition coefficient (Wildman–Crippen LogP) is 5.55. The summed E-state index contributed by atoms with van der Waals surface area (Å²) >= 11 is 6.19. The molecule has 1 aliphatic carbocycles. The van der Waals surface area contributed by atoms with E-state index >= 15 is 0 Å². The molecule has 12 heteroatoms.